The van der Waals surface area contributed by atoms with E-state index in [9.17, 15) is 14.4 Å². The second-order valence-electron chi connectivity index (χ2n) is 8.28. The van der Waals surface area contributed by atoms with Gasteiger partial charge < -0.3 is 16.4 Å². The van der Waals surface area contributed by atoms with Gasteiger partial charge >= 0.3 is 0 Å². The number of halogens is 1. The highest BCUT2D eigenvalue weighted by atomic mass is 19.1. The number of nitrogen functional groups attached to an aromatic ring is 1. The van der Waals surface area contributed by atoms with Gasteiger partial charge in [-0.05, 0) is 37.1 Å². The lowest BCUT2D eigenvalue weighted by Crippen LogP contribution is -2.29. The Morgan fingerprint density at radius 3 is 2.86 bits per heavy atom. The van der Waals surface area contributed by atoms with Crippen molar-refractivity contribution in [2.75, 3.05) is 17.6 Å². The summed E-state index contributed by atoms with van der Waals surface area (Å²) in [6, 6.07) is 12.3. The molecule has 36 heavy (non-hydrogen) atoms. The Morgan fingerprint density at radius 2 is 2.08 bits per heavy atom. The normalized spacial score (nSPS) is 14.9. The van der Waals surface area contributed by atoms with Crippen LogP contribution in [0.3, 0.4) is 0 Å². The van der Waals surface area contributed by atoms with Gasteiger partial charge in [-0.15, -0.1) is 5.10 Å². The van der Waals surface area contributed by atoms with Crippen LogP contribution in [-0.4, -0.2) is 48.4 Å². The van der Waals surface area contributed by atoms with Crippen molar-refractivity contribution >= 4 is 17.5 Å². The number of nitriles is 1. The van der Waals surface area contributed by atoms with E-state index in [-0.39, 0.29) is 41.5 Å². The molecule has 11 nitrogen and oxygen atoms in total. The molecule has 4 N–H and O–H groups in total. The average molecular weight is 484 g/mol. The zero-order valence-corrected chi connectivity index (χ0v) is 19.2. The van der Waals surface area contributed by atoms with Crippen molar-refractivity contribution in [2.24, 2.45) is 0 Å². The van der Waals surface area contributed by atoms with Crippen molar-refractivity contribution in [3.63, 3.8) is 0 Å². The fourth-order valence-corrected chi connectivity index (χ4v) is 3.96. The number of aromatic nitrogens is 6. The van der Waals surface area contributed by atoms with Gasteiger partial charge in [0.1, 0.15) is 23.2 Å². The van der Waals surface area contributed by atoms with Crippen LogP contribution in [0.25, 0.3) is 22.8 Å². The topological polar surface area (TPSA) is 160 Å². The molecule has 5 rings (SSSR count). The average Bonchev–Trinajstić information content (AvgIpc) is 3.50. The summed E-state index contributed by atoms with van der Waals surface area (Å²) >= 11 is 0. The summed E-state index contributed by atoms with van der Waals surface area (Å²) in [6.45, 7) is 2.66. The third-order valence-electron chi connectivity index (χ3n) is 5.85. The van der Waals surface area contributed by atoms with Crippen LogP contribution in [0.15, 0.2) is 42.6 Å². The van der Waals surface area contributed by atoms with E-state index in [4.69, 9.17) is 5.73 Å². The molecule has 1 aromatic carbocycles. The third kappa shape index (κ3) is 4.41. The number of anilines is 2. The number of carbonyl (C=O) groups excluding carboxylic acids is 1. The van der Waals surface area contributed by atoms with Gasteiger partial charge in [-0.25, -0.2) is 24.0 Å². The largest absolute Gasteiger partial charge is 0.381 e. The van der Waals surface area contributed by atoms with Gasteiger partial charge in [0.15, 0.2) is 17.5 Å². The van der Waals surface area contributed by atoms with Gasteiger partial charge in [0.25, 0.3) is 0 Å². The van der Waals surface area contributed by atoms with Gasteiger partial charge in [0.05, 0.1) is 30.1 Å². The number of hydrogen-bond acceptors (Lipinski definition) is 9. The molecule has 3 aromatic heterocycles. The van der Waals surface area contributed by atoms with E-state index < -0.39 is 5.82 Å². The smallest absolute Gasteiger partial charge is 0.242 e. The number of carbonyl (C=O) groups is 1. The molecular weight excluding hydrogens is 463 g/mol. The van der Waals surface area contributed by atoms with Crippen LogP contribution in [-0.2, 0) is 11.3 Å². The number of nitrogens with two attached hydrogens (primary N) is 1. The predicted octanol–water partition coefficient (Wildman–Crippen LogP) is 2.05. The lowest BCUT2D eigenvalue weighted by Gasteiger charge is -2.11. The summed E-state index contributed by atoms with van der Waals surface area (Å²) in [7, 11) is 0. The summed E-state index contributed by atoms with van der Waals surface area (Å²) in [5.41, 5.74) is 8.29. The Hall–Kier alpha value is -4.92. The molecular formula is C24H21FN10O. The molecule has 1 saturated heterocycles. The summed E-state index contributed by atoms with van der Waals surface area (Å²) in [4.78, 5) is 24.8. The highest BCUT2D eigenvalue weighted by molar-refractivity contribution is 5.86. The number of hydrogen-bond donors (Lipinski definition) is 3. The summed E-state index contributed by atoms with van der Waals surface area (Å²) in [5.74, 6) is -0.432. The van der Waals surface area contributed by atoms with E-state index in [0.29, 0.717) is 41.2 Å². The molecule has 12 heteroatoms. The highest BCUT2D eigenvalue weighted by Crippen LogP contribution is 2.28. The van der Waals surface area contributed by atoms with Crippen molar-refractivity contribution in [3.8, 4) is 28.8 Å². The van der Waals surface area contributed by atoms with Crippen LogP contribution in [0.1, 0.15) is 23.2 Å². The lowest BCUT2D eigenvalue weighted by atomic mass is 10.0. The van der Waals surface area contributed by atoms with E-state index in [1.165, 1.54) is 4.68 Å². The van der Waals surface area contributed by atoms with Crippen molar-refractivity contribution in [1.29, 1.82) is 5.26 Å². The van der Waals surface area contributed by atoms with Crippen LogP contribution in [0, 0.1) is 24.1 Å². The zero-order valence-electron chi connectivity index (χ0n) is 19.2. The van der Waals surface area contributed by atoms with Crippen LogP contribution >= 0.6 is 0 Å². The van der Waals surface area contributed by atoms with E-state index >= 15 is 0 Å². The van der Waals surface area contributed by atoms with E-state index in [1.807, 2.05) is 12.1 Å². The van der Waals surface area contributed by atoms with Gasteiger partial charge in [0, 0.05) is 12.1 Å². The molecule has 0 aliphatic carbocycles. The first kappa shape index (κ1) is 22.9. The molecule has 0 saturated carbocycles. The number of benzene rings is 1. The molecule has 0 radical (unpaired) electrons. The van der Waals surface area contributed by atoms with E-state index in [2.05, 4.69) is 42.0 Å². The highest BCUT2D eigenvalue weighted by Gasteiger charge is 2.24. The first-order valence-corrected chi connectivity index (χ1v) is 11.2. The fraction of sp³-hybridized carbons (Fsp3) is 0.208. The SMILES string of the molecule is Cc1c(C#N)cccc1-c1nc(N)c(F)c(-c2cn(Cc3cccc(NC4CCNC4=O)n3)nn2)n1. The summed E-state index contributed by atoms with van der Waals surface area (Å²) < 4.78 is 16.4. The van der Waals surface area contributed by atoms with Crippen LogP contribution in [0.4, 0.5) is 16.0 Å². The molecule has 1 fully saturated rings. The maximum absolute atomic E-state index is 14.9. The Kier molecular flexibility index (Phi) is 5.95. The minimum absolute atomic E-state index is 0.0526. The molecule has 180 valence electrons. The molecule has 4 heterocycles. The van der Waals surface area contributed by atoms with Crippen LogP contribution in [0.5, 0.6) is 0 Å². The Balaban J connectivity index is 1.41. The quantitative estimate of drug-likeness (QED) is 0.372. The molecule has 0 bridgehead atoms. The minimum atomic E-state index is -0.806. The van der Waals surface area contributed by atoms with Gasteiger partial charge in [-0.1, -0.05) is 23.4 Å². The molecule has 1 aliphatic heterocycles. The Morgan fingerprint density at radius 1 is 1.25 bits per heavy atom. The second-order valence-corrected chi connectivity index (χ2v) is 8.28. The fourth-order valence-electron chi connectivity index (χ4n) is 3.96. The van der Waals surface area contributed by atoms with Crippen molar-refractivity contribution in [3.05, 3.63) is 65.2 Å². The molecule has 4 aromatic rings. The monoisotopic (exact) mass is 484 g/mol. The van der Waals surface area contributed by atoms with Gasteiger partial charge in [0.2, 0.25) is 5.91 Å². The standard InChI is InChI=1S/C24H21FN10O/c1-13-14(10-26)4-2-6-16(13)23-31-21(20(25)22(27)32-23)18-12-35(34-33-18)11-15-5-3-7-19(29-15)30-17-8-9-28-24(17)36/h2-7,12,17H,8-9,11H2,1H3,(H,28,36)(H,29,30)(H2,27,31,32). The minimum Gasteiger partial charge on any atom is -0.381 e. The zero-order chi connectivity index (χ0) is 25.2. The van der Waals surface area contributed by atoms with Crippen LogP contribution < -0.4 is 16.4 Å². The number of pyridine rings is 1. The molecule has 1 atom stereocenters. The van der Waals surface area contributed by atoms with Gasteiger partial charge in [-0.2, -0.15) is 5.26 Å². The number of nitrogens with zero attached hydrogens (tertiary/aromatic N) is 7. The van der Waals surface area contributed by atoms with Crippen molar-refractivity contribution < 1.29 is 9.18 Å². The first-order chi connectivity index (χ1) is 17.4. The van der Waals surface area contributed by atoms with E-state index in [0.717, 1.165) is 0 Å². The second kappa shape index (κ2) is 9.38. The first-order valence-electron chi connectivity index (χ1n) is 11.2. The van der Waals surface area contributed by atoms with E-state index in [1.54, 1.807) is 37.4 Å². The third-order valence-corrected chi connectivity index (χ3v) is 5.85. The Bertz CT molecular complexity index is 1510. The summed E-state index contributed by atoms with van der Waals surface area (Å²) in [6.07, 6.45) is 2.23. The number of rotatable bonds is 6. The number of nitrogens with one attached hydrogen (secondary N) is 2. The lowest BCUT2D eigenvalue weighted by molar-refractivity contribution is -0.119. The van der Waals surface area contributed by atoms with Crippen molar-refractivity contribution in [1.82, 2.24) is 35.3 Å². The van der Waals surface area contributed by atoms with Crippen molar-refractivity contribution in [2.45, 2.75) is 25.9 Å². The predicted molar refractivity (Wildman–Crippen MR) is 129 cm³/mol. The Labute approximate surface area is 205 Å². The maximum Gasteiger partial charge on any atom is 0.242 e. The molecule has 0 spiro atoms. The summed E-state index contributed by atoms with van der Waals surface area (Å²) in [5, 5.41) is 23.4. The van der Waals surface area contributed by atoms with Gasteiger partial charge in [-0.3, -0.25) is 4.79 Å². The molecule has 1 unspecified atom stereocenters. The molecule has 1 aliphatic rings. The maximum atomic E-state index is 14.9. The van der Waals surface area contributed by atoms with Crippen LogP contribution in [0.2, 0.25) is 0 Å². The number of amides is 1. The molecule has 1 amide bonds.